The van der Waals surface area contributed by atoms with E-state index in [-0.39, 0.29) is 4.90 Å². The molecule has 0 fully saturated rings. The molecule has 2 aromatic carbocycles. The van der Waals surface area contributed by atoms with E-state index in [0.29, 0.717) is 0 Å². The van der Waals surface area contributed by atoms with Crippen molar-refractivity contribution in [1.29, 1.82) is 0 Å². The van der Waals surface area contributed by atoms with Crippen molar-refractivity contribution in [3.05, 3.63) is 71.8 Å². The maximum absolute atomic E-state index is 12.4. The largest absolute Gasteiger partial charge is 0.270 e. The van der Waals surface area contributed by atoms with Gasteiger partial charge in [-0.15, -0.1) is 0 Å². The van der Waals surface area contributed by atoms with Crippen LogP contribution in [0.25, 0.3) is 6.08 Å². The summed E-state index contributed by atoms with van der Waals surface area (Å²) in [5.41, 5.74) is 2.62. The van der Waals surface area contributed by atoms with Crippen molar-refractivity contribution in [2.45, 2.75) is 11.8 Å². The van der Waals surface area contributed by atoms with Crippen LogP contribution in [0.1, 0.15) is 16.7 Å². The van der Waals surface area contributed by atoms with Crippen LogP contribution in [0.3, 0.4) is 0 Å². The van der Waals surface area contributed by atoms with Crippen LogP contribution in [0, 0.1) is 18.9 Å². The quantitative estimate of drug-likeness (QED) is 0.644. The predicted octanol–water partition coefficient (Wildman–Crippen LogP) is 3.27. The van der Waals surface area contributed by atoms with Crippen molar-refractivity contribution in [2.24, 2.45) is 0 Å². The molecule has 0 heterocycles. The lowest BCUT2D eigenvalue weighted by atomic mass is 10.1. The van der Waals surface area contributed by atoms with Crippen molar-refractivity contribution in [3.8, 4) is 12.0 Å². The zero-order chi connectivity index (χ0) is 16.2. The predicted molar refractivity (Wildman–Crippen MR) is 89.5 cm³/mol. The van der Waals surface area contributed by atoms with E-state index < -0.39 is 10.0 Å². The van der Waals surface area contributed by atoms with Crippen LogP contribution >= 0.6 is 0 Å². The highest BCUT2D eigenvalue weighted by atomic mass is 32.2. The second kappa shape index (κ2) is 6.50. The van der Waals surface area contributed by atoms with Crippen molar-refractivity contribution in [3.63, 3.8) is 0 Å². The third-order valence-electron chi connectivity index (χ3n) is 3.21. The number of hydrogen-bond acceptors (Lipinski definition) is 2. The third-order valence-corrected chi connectivity index (χ3v) is 4.89. The second-order valence-electron chi connectivity index (χ2n) is 4.81. The first-order chi connectivity index (χ1) is 10.4. The lowest BCUT2D eigenvalue weighted by Gasteiger charge is -2.12. The molecular formula is C18H17NO2S. The number of rotatable bonds is 3. The van der Waals surface area contributed by atoms with Crippen LogP contribution in [0.2, 0.25) is 0 Å². The van der Waals surface area contributed by atoms with Gasteiger partial charge in [0.25, 0.3) is 10.0 Å². The van der Waals surface area contributed by atoms with Gasteiger partial charge in [0.1, 0.15) is 0 Å². The van der Waals surface area contributed by atoms with E-state index in [9.17, 15) is 8.42 Å². The minimum atomic E-state index is -3.61. The monoisotopic (exact) mass is 311 g/mol. The Bertz CT molecular complexity index is 841. The first kappa shape index (κ1) is 15.9. The minimum Gasteiger partial charge on any atom is -0.227 e. The Morgan fingerprint density at radius 3 is 2.36 bits per heavy atom. The van der Waals surface area contributed by atoms with Crippen molar-refractivity contribution in [1.82, 2.24) is 4.31 Å². The highest BCUT2D eigenvalue weighted by molar-refractivity contribution is 7.89. The van der Waals surface area contributed by atoms with E-state index in [1.807, 2.05) is 31.2 Å². The zero-order valence-corrected chi connectivity index (χ0v) is 13.4. The van der Waals surface area contributed by atoms with E-state index in [1.165, 1.54) is 7.05 Å². The Morgan fingerprint density at radius 1 is 1.09 bits per heavy atom. The number of aryl methyl sites for hydroxylation is 1. The minimum absolute atomic E-state index is 0.229. The molecule has 2 rings (SSSR count). The molecule has 0 radical (unpaired) electrons. The standard InChI is InChI=1S/C18H17NO2S/c1-4-16-7-5-6-8-17(16)13-14-19(3)22(20,21)18-11-9-15(2)10-12-18/h4-12H,1H2,2-3H3. The number of hydrogen-bond donors (Lipinski definition) is 0. The molecule has 22 heavy (non-hydrogen) atoms. The molecule has 0 aliphatic rings. The van der Waals surface area contributed by atoms with E-state index >= 15 is 0 Å². The van der Waals surface area contributed by atoms with E-state index in [1.54, 1.807) is 30.3 Å². The van der Waals surface area contributed by atoms with E-state index in [2.05, 4.69) is 18.5 Å². The summed E-state index contributed by atoms with van der Waals surface area (Å²) in [6.45, 7) is 5.63. The molecule has 0 unspecified atom stereocenters. The fraction of sp³-hybridized carbons (Fsp3) is 0.111. The molecule has 0 saturated carbocycles. The average molecular weight is 311 g/mol. The molecule has 0 spiro atoms. The van der Waals surface area contributed by atoms with Crippen LogP contribution < -0.4 is 0 Å². The van der Waals surface area contributed by atoms with Gasteiger partial charge in [0.05, 0.1) is 4.90 Å². The molecule has 0 aromatic heterocycles. The third kappa shape index (κ3) is 3.38. The van der Waals surface area contributed by atoms with Gasteiger partial charge in [-0.3, -0.25) is 0 Å². The molecule has 4 heteroatoms. The normalized spacial score (nSPS) is 10.5. The molecule has 0 N–H and O–H groups in total. The first-order valence-electron chi connectivity index (χ1n) is 6.74. The van der Waals surface area contributed by atoms with Gasteiger partial charge in [0.15, 0.2) is 0 Å². The van der Waals surface area contributed by atoms with Crippen molar-refractivity contribution >= 4 is 16.1 Å². The summed E-state index contributed by atoms with van der Waals surface area (Å²) in [5.74, 6) is 2.88. The lowest BCUT2D eigenvalue weighted by molar-refractivity contribution is 0.547. The fourth-order valence-electron chi connectivity index (χ4n) is 1.86. The summed E-state index contributed by atoms with van der Waals surface area (Å²) in [5, 5.41) is 0. The molecule has 0 aliphatic heterocycles. The van der Waals surface area contributed by atoms with Gasteiger partial charge >= 0.3 is 0 Å². The Labute approximate surface area is 132 Å². The maximum Gasteiger partial charge on any atom is 0.270 e. The topological polar surface area (TPSA) is 37.4 Å². The van der Waals surface area contributed by atoms with Crippen LogP contribution in [0.4, 0.5) is 0 Å². The summed E-state index contributed by atoms with van der Waals surface area (Å²) in [6, 6.07) is 16.8. The molecule has 112 valence electrons. The zero-order valence-electron chi connectivity index (χ0n) is 12.6. The van der Waals surface area contributed by atoms with Crippen LogP contribution in [0.15, 0.2) is 60.0 Å². The number of nitrogens with zero attached hydrogens (tertiary/aromatic N) is 1. The van der Waals surface area contributed by atoms with Gasteiger partial charge in [-0.05, 0) is 36.6 Å². The van der Waals surface area contributed by atoms with Crippen molar-refractivity contribution in [2.75, 3.05) is 7.05 Å². The molecule has 0 amide bonds. The van der Waals surface area contributed by atoms with Crippen LogP contribution in [-0.2, 0) is 10.0 Å². The summed E-state index contributed by atoms with van der Waals surface area (Å²) < 4.78 is 25.9. The summed E-state index contributed by atoms with van der Waals surface area (Å²) in [7, 11) is -2.17. The van der Waals surface area contributed by atoms with Crippen molar-refractivity contribution < 1.29 is 8.42 Å². The molecule has 2 aromatic rings. The van der Waals surface area contributed by atoms with Gasteiger partial charge in [0, 0.05) is 18.7 Å². The highest BCUT2D eigenvalue weighted by Crippen LogP contribution is 2.14. The molecule has 0 bridgehead atoms. The summed E-state index contributed by atoms with van der Waals surface area (Å²) in [6.07, 6.45) is 1.69. The molecule has 3 nitrogen and oxygen atoms in total. The molecule has 0 atom stereocenters. The maximum atomic E-state index is 12.4. The summed E-state index contributed by atoms with van der Waals surface area (Å²) >= 11 is 0. The first-order valence-corrected chi connectivity index (χ1v) is 8.18. The highest BCUT2D eigenvalue weighted by Gasteiger charge is 2.17. The molecule has 0 aliphatic carbocycles. The number of sulfonamides is 1. The Kier molecular flexibility index (Phi) is 4.69. The van der Waals surface area contributed by atoms with Gasteiger partial charge in [0.2, 0.25) is 0 Å². The Hall–Kier alpha value is -2.51. The van der Waals surface area contributed by atoms with Crippen LogP contribution in [-0.4, -0.2) is 19.8 Å². The summed E-state index contributed by atoms with van der Waals surface area (Å²) in [4.78, 5) is 0.229. The Balaban J connectivity index is 2.33. The Morgan fingerprint density at radius 2 is 1.73 bits per heavy atom. The molecular weight excluding hydrogens is 294 g/mol. The van der Waals surface area contributed by atoms with Gasteiger partial charge in [-0.1, -0.05) is 48.6 Å². The van der Waals surface area contributed by atoms with E-state index in [4.69, 9.17) is 0 Å². The van der Waals surface area contributed by atoms with E-state index in [0.717, 1.165) is 21.0 Å². The van der Waals surface area contributed by atoms with Gasteiger partial charge in [-0.25, -0.2) is 12.7 Å². The molecule has 0 saturated heterocycles. The smallest absolute Gasteiger partial charge is 0.227 e. The fourth-order valence-corrected chi connectivity index (χ4v) is 2.82. The average Bonchev–Trinajstić information content (AvgIpc) is 2.53. The van der Waals surface area contributed by atoms with Gasteiger partial charge in [-0.2, -0.15) is 0 Å². The number of benzene rings is 2. The SMILES string of the molecule is C=Cc1ccccc1C#CN(C)S(=O)(=O)c1ccc(C)cc1. The second-order valence-corrected chi connectivity index (χ2v) is 6.78. The lowest BCUT2D eigenvalue weighted by Crippen LogP contribution is -2.22. The van der Waals surface area contributed by atoms with Crippen LogP contribution in [0.5, 0.6) is 0 Å². The van der Waals surface area contributed by atoms with Gasteiger partial charge < -0.3 is 0 Å².